The van der Waals surface area contributed by atoms with Gasteiger partial charge in [0.2, 0.25) is 0 Å². The van der Waals surface area contributed by atoms with Gasteiger partial charge in [0.25, 0.3) is 0 Å². The zero-order valence-corrected chi connectivity index (χ0v) is 9.67. The van der Waals surface area contributed by atoms with Gasteiger partial charge in [-0.05, 0) is 19.1 Å². The Morgan fingerprint density at radius 2 is 2.25 bits per heavy atom. The number of ether oxygens (including phenoxy) is 2. The van der Waals surface area contributed by atoms with Gasteiger partial charge in [0.05, 0.1) is 24.3 Å². The highest BCUT2D eigenvalue weighted by Crippen LogP contribution is 2.27. The first-order valence-corrected chi connectivity index (χ1v) is 4.96. The molecule has 16 heavy (non-hydrogen) atoms. The maximum atomic E-state index is 11.4. The van der Waals surface area contributed by atoms with Crippen molar-refractivity contribution in [2.45, 2.75) is 6.92 Å². The molecule has 0 bridgehead atoms. The van der Waals surface area contributed by atoms with Gasteiger partial charge in [-0.15, -0.1) is 0 Å². The van der Waals surface area contributed by atoms with E-state index < -0.39 is 5.97 Å². The molecule has 5 heteroatoms. The van der Waals surface area contributed by atoms with Gasteiger partial charge >= 0.3 is 5.97 Å². The van der Waals surface area contributed by atoms with Gasteiger partial charge in [0.1, 0.15) is 17.4 Å². The van der Waals surface area contributed by atoms with Crippen LogP contribution in [-0.2, 0) is 4.74 Å². The monoisotopic (exact) mass is 239 g/mol. The predicted molar refractivity (Wildman–Crippen MR) is 58.7 cm³/mol. The standard InChI is InChI=1S/C11H10ClNO3/c1-3-16-11(14)7-4-9(12)8(6-13)10(5-7)15-2/h4-5H,3H2,1-2H3. The summed E-state index contributed by atoms with van der Waals surface area (Å²) in [6.45, 7) is 1.99. The van der Waals surface area contributed by atoms with E-state index in [1.807, 2.05) is 6.07 Å². The first-order chi connectivity index (χ1) is 7.63. The molecular weight excluding hydrogens is 230 g/mol. The summed E-state index contributed by atoms with van der Waals surface area (Å²) in [7, 11) is 1.40. The number of esters is 1. The zero-order chi connectivity index (χ0) is 12.1. The Balaban J connectivity index is 3.21. The molecule has 0 unspecified atom stereocenters. The second kappa shape index (κ2) is 5.38. The Labute approximate surface area is 98.3 Å². The number of hydrogen-bond acceptors (Lipinski definition) is 4. The topological polar surface area (TPSA) is 59.3 Å². The van der Waals surface area contributed by atoms with Gasteiger partial charge < -0.3 is 9.47 Å². The van der Waals surface area contributed by atoms with E-state index in [0.717, 1.165) is 0 Å². The molecule has 84 valence electrons. The Kier molecular flexibility index (Phi) is 4.15. The molecule has 0 radical (unpaired) electrons. The molecular formula is C11H10ClNO3. The lowest BCUT2D eigenvalue weighted by molar-refractivity contribution is 0.0526. The lowest BCUT2D eigenvalue weighted by Crippen LogP contribution is -2.05. The second-order valence-electron chi connectivity index (χ2n) is 2.87. The molecule has 1 aromatic rings. The average molecular weight is 240 g/mol. The van der Waals surface area contributed by atoms with Crippen LogP contribution in [0.15, 0.2) is 12.1 Å². The third kappa shape index (κ3) is 2.44. The summed E-state index contributed by atoms with van der Waals surface area (Å²) in [5.74, 6) is -0.231. The predicted octanol–water partition coefficient (Wildman–Crippen LogP) is 2.40. The molecule has 0 aliphatic rings. The van der Waals surface area contributed by atoms with Gasteiger partial charge in [-0.2, -0.15) is 5.26 Å². The van der Waals surface area contributed by atoms with E-state index in [0.29, 0.717) is 0 Å². The quantitative estimate of drug-likeness (QED) is 0.760. The third-order valence-corrected chi connectivity index (χ3v) is 2.19. The summed E-state index contributed by atoms with van der Waals surface area (Å²) in [6.07, 6.45) is 0. The SMILES string of the molecule is CCOC(=O)c1cc(Cl)c(C#N)c(OC)c1. The van der Waals surface area contributed by atoms with Crippen LogP contribution in [0.2, 0.25) is 5.02 Å². The molecule has 0 aliphatic carbocycles. The second-order valence-corrected chi connectivity index (χ2v) is 3.27. The number of benzene rings is 1. The number of rotatable bonds is 3. The molecule has 0 saturated carbocycles. The van der Waals surface area contributed by atoms with Gasteiger partial charge in [-0.25, -0.2) is 4.79 Å². The number of nitriles is 1. The lowest BCUT2D eigenvalue weighted by atomic mass is 10.1. The number of carbonyl (C=O) groups is 1. The molecule has 0 saturated heterocycles. The van der Waals surface area contributed by atoms with Crippen molar-refractivity contribution >= 4 is 17.6 Å². The maximum Gasteiger partial charge on any atom is 0.338 e. The fourth-order valence-corrected chi connectivity index (χ4v) is 1.44. The van der Waals surface area contributed by atoms with E-state index in [1.54, 1.807) is 6.92 Å². The Hall–Kier alpha value is -1.73. The summed E-state index contributed by atoms with van der Waals surface area (Å²) in [5, 5.41) is 9.00. The normalized spacial score (nSPS) is 9.38. The number of halogens is 1. The molecule has 1 aromatic carbocycles. The Bertz CT molecular complexity index is 451. The minimum Gasteiger partial charge on any atom is -0.495 e. The molecule has 0 aromatic heterocycles. The van der Waals surface area contributed by atoms with Crippen molar-refractivity contribution in [1.29, 1.82) is 5.26 Å². The largest absolute Gasteiger partial charge is 0.495 e. The Morgan fingerprint density at radius 1 is 1.56 bits per heavy atom. The van der Waals surface area contributed by atoms with E-state index in [-0.39, 0.29) is 28.5 Å². The lowest BCUT2D eigenvalue weighted by Gasteiger charge is -2.07. The van der Waals surface area contributed by atoms with Crippen LogP contribution in [0.3, 0.4) is 0 Å². The highest BCUT2D eigenvalue weighted by molar-refractivity contribution is 6.32. The van der Waals surface area contributed by atoms with E-state index >= 15 is 0 Å². The van der Waals surface area contributed by atoms with Crippen molar-refractivity contribution in [3.63, 3.8) is 0 Å². The van der Waals surface area contributed by atoms with Crippen LogP contribution in [0.1, 0.15) is 22.8 Å². The van der Waals surface area contributed by atoms with Crippen LogP contribution >= 0.6 is 11.6 Å². The molecule has 0 atom stereocenters. The minimum absolute atomic E-state index is 0.171. The summed E-state index contributed by atoms with van der Waals surface area (Å²) >= 11 is 5.85. The van der Waals surface area contributed by atoms with E-state index in [4.69, 9.17) is 26.3 Å². The highest BCUT2D eigenvalue weighted by Gasteiger charge is 2.14. The highest BCUT2D eigenvalue weighted by atomic mass is 35.5. The smallest absolute Gasteiger partial charge is 0.338 e. The summed E-state index contributed by atoms with van der Waals surface area (Å²) in [6, 6.07) is 4.73. The van der Waals surface area contributed by atoms with E-state index in [1.165, 1.54) is 19.2 Å². The molecule has 0 amide bonds. The fourth-order valence-electron chi connectivity index (χ4n) is 1.18. The van der Waals surface area contributed by atoms with Crippen LogP contribution in [-0.4, -0.2) is 19.7 Å². The van der Waals surface area contributed by atoms with Crippen molar-refractivity contribution in [2.75, 3.05) is 13.7 Å². The van der Waals surface area contributed by atoms with Gasteiger partial charge in [-0.1, -0.05) is 11.6 Å². The first-order valence-electron chi connectivity index (χ1n) is 4.58. The Morgan fingerprint density at radius 3 is 2.75 bits per heavy atom. The first kappa shape index (κ1) is 12.3. The van der Waals surface area contributed by atoms with Gasteiger partial charge in [0, 0.05) is 0 Å². The van der Waals surface area contributed by atoms with Gasteiger partial charge in [-0.3, -0.25) is 0 Å². The molecule has 0 fully saturated rings. The summed E-state index contributed by atoms with van der Waals surface area (Å²) < 4.78 is 9.79. The van der Waals surface area contributed by atoms with Crippen molar-refractivity contribution in [3.05, 3.63) is 28.3 Å². The van der Waals surface area contributed by atoms with Crippen molar-refractivity contribution in [2.24, 2.45) is 0 Å². The van der Waals surface area contributed by atoms with Crippen molar-refractivity contribution < 1.29 is 14.3 Å². The molecule has 4 nitrogen and oxygen atoms in total. The maximum absolute atomic E-state index is 11.4. The van der Waals surface area contributed by atoms with Crippen LogP contribution in [0.25, 0.3) is 0 Å². The third-order valence-electron chi connectivity index (χ3n) is 1.90. The van der Waals surface area contributed by atoms with Crippen LogP contribution in [0.5, 0.6) is 5.75 Å². The molecule has 0 heterocycles. The molecule has 0 spiro atoms. The number of nitrogens with zero attached hydrogens (tertiary/aromatic N) is 1. The number of hydrogen-bond donors (Lipinski definition) is 0. The van der Waals surface area contributed by atoms with Gasteiger partial charge in [0.15, 0.2) is 0 Å². The van der Waals surface area contributed by atoms with E-state index in [2.05, 4.69) is 0 Å². The summed E-state index contributed by atoms with van der Waals surface area (Å²) in [4.78, 5) is 11.4. The summed E-state index contributed by atoms with van der Waals surface area (Å²) in [5.41, 5.74) is 0.472. The van der Waals surface area contributed by atoms with Crippen molar-refractivity contribution in [3.8, 4) is 11.8 Å². The number of methoxy groups -OCH3 is 1. The van der Waals surface area contributed by atoms with Crippen LogP contribution in [0.4, 0.5) is 0 Å². The van der Waals surface area contributed by atoms with E-state index in [9.17, 15) is 4.79 Å². The molecule has 0 N–H and O–H groups in total. The minimum atomic E-state index is -0.493. The number of carbonyl (C=O) groups excluding carboxylic acids is 1. The van der Waals surface area contributed by atoms with Crippen molar-refractivity contribution in [1.82, 2.24) is 0 Å². The fraction of sp³-hybridized carbons (Fsp3) is 0.273. The van der Waals surface area contributed by atoms with Crippen LogP contribution < -0.4 is 4.74 Å². The van der Waals surface area contributed by atoms with Crippen LogP contribution in [0, 0.1) is 11.3 Å². The average Bonchev–Trinajstić information content (AvgIpc) is 2.28. The molecule has 0 aliphatic heterocycles. The zero-order valence-electron chi connectivity index (χ0n) is 8.91. The molecule has 1 rings (SSSR count).